The van der Waals surface area contributed by atoms with Crippen molar-refractivity contribution in [2.45, 2.75) is 115 Å². The highest BCUT2D eigenvalue weighted by Gasteiger charge is 2.50. The fourth-order valence-electron chi connectivity index (χ4n) is 5.66. The number of imidazole rings is 1. The normalized spacial score (nSPS) is 19.6. The molecule has 2 aliphatic rings. The summed E-state index contributed by atoms with van der Waals surface area (Å²) < 4.78 is 6.21. The van der Waals surface area contributed by atoms with Crippen molar-refractivity contribution in [3.8, 4) is 12.3 Å². The van der Waals surface area contributed by atoms with Gasteiger partial charge in [-0.1, -0.05) is 25.7 Å². The Bertz CT molecular complexity index is 980. The standard InChI is InChI=1S/C27H42N6O3/c1-7-9-17-27(31-32-27)18-14-22(34)33(20(4)23-19(3)29-21(5)30-23)24(25(35)28-8-2)26(36-6)15-12-10-11-13-16-26/h1,20,24H,8-18H2,2-6H3,(H,28,35)(H,29,30). The molecule has 1 aromatic heterocycles. The predicted octanol–water partition coefficient (Wildman–Crippen LogP) is 4.52. The molecule has 9 nitrogen and oxygen atoms in total. The molecule has 9 heteroatoms. The van der Waals surface area contributed by atoms with Crippen LogP contribution in [0.2, 0.25) is 0 Å². The van der Waals surface area contributed by atoms with E-state index in [4.69, 9.17) is 16.1 Å². The van der Waals surface area contributed by atoms with Crippen LogP contribution in [-0.2, 0) is 14.3 Å². The number of aromatic nitrogens is 2. The van der Waals surface area contributed by atoms with E-state index in [2.05, 4.69) is 26.4 Å². The van der Waals surface area contributed by atoms with Gasteiger partial charge in [0.25, 0.3) is 0 Å². The zero-order valence-corrected chi connectivity index (χ0v) is 22.5. The third kappa shape index (κ3) is 6.15. The fourth-order valence-corrected chi connectivity index (χ4v) is 5.66. The van der Waals surface area contributed by atoms with Crippen LogP contribution in [-0.4, -0.2) is 57.6 Å². The molecule has 2 atom stereocenters. The lowest BCUT2D eigenvalue weighted by molar-refractivity contribution is -0.161. The van der Waals surface area contributed by atoms with Gasteiger partial charge in [0.15, 0.2) is 5.66 Å². The molecule has 1 aliphatic carbocycles. The molecule has 0 bridgehead atoms. The van der Waals surface area contributed by atoms with Gasteiger partial charge in [0.1, 0.15) is 11.9 Å². The first-order chi connectivity index (χ1) is 17.2. The van der Waals surface area contributed by atoms with E-state index in [1.54, 1.807) is 12.0 Å². The molecule has 0 saturated heterocycles. The number of hydrogen-bond acceptors (Lipinski definition) is 6. The molecule has 2 heterocycles. The van der Waals surface area contributed by atoms with Crippen molar-refractivity contribution in [2.24, 2.45) is 10.2 Å². The number of carbonyl (C=O) groups is 2. The Labute approximate surface area is 215 Å². The van der Waals surface area contributed by atoms with E-state index >= 15 is 0 Å². The molecule has 2 amide bonds. The van der Waals surface area contributed by atoms with Gasteiger partial charge in [0, 0.05) is 45.0 Å². The van der Waals surface area contributed by atoms with Gasteiger partial charge in [-0.15, -0.1) is 12.3 Å². The quantitative estimate of drug-likeness (QED) is 0.326. The van der Waals surface area contributed by atoms with Crippen molar-refractivity contribution < 1.29 is 14.3 Å². The number of carbonyl (C=O) groups excluding carboxylic acids is 2. The van der Waals surface area contributed by atoms with E-state index in [0.717, 1.165) is 55.7 Å². The molecule has 0 aromatic carbocycles. The van der Waals surface area contributed by atoms with Gasteiger partial charge in [0.05, 0.1) is 17.3 Å². The van der Waals surface area contributed by atoms with E-state index in [-0.39, 0.29) is 18.2 Å². The van der Waals surface area contributed by atoms with Crippen LogP contribution in [0.15, 0.2) is 10.2 Å². The summed E-state index contributed by atoms with van der Waals surface area (Å²) in [4.78, 5) is 37.5. The Morgan fingerprint density at radius 3 is 2.36 bits per heavy atom. The molecular formula is C27H42N6O3. The van der Waals surface area contributed by atoms with Crippen molar-refractivity contribution in [3.63, 3.8) is 0 Å². The second-order valence-electron chi connectivity index (χ2n) is 10.2. The molecular weight excluding hydrogens is 456 g/mol. The van der Waals surface area contributed by atoms with Crippen molar-refractivity contribution in [2.75, 3.05) is 13.7 Å². The molecule has 3 rings (SSSR count). The molecule has 1 aromatic rings. The zero-order chi connectivity index (χ0) is 26.3. The SMILES string of the molecule is C#CCCC1(CCC(=O)N(C(C)c2nc(C)[nH]c2C)C(C(=O)NCC)C2(OC)CCCCCC2)N=N1. The number of rotatable bonds is 12. The number of hydrogen-bond donors (Lipinski definition) is 2. The predicted molar refractivity (Wildman–Crippen MR) is 138 cm³/mol. The molecule has 2 N–H and O–H groups in total. The highest BCUT2D eigenvalue weighted by Crippen LogP contribution is 2.41. The van der Waals surface area contributed by atoms with E-state index in [1.807, 2.05) is 27.7 Å². The number of aromatic amines is 1. The number of methoxy groups -OCH3 is 1. The minimum Gasteiger partial charge on any atom is -0.376 e. The molecule has 1 saturated carbocycles. The molecule has 0 spiro atoms. The lowest BCUT2D eigenvalue weighted by Crippen LogP contribution is -2.63. The van der Waals surface area contributed by atoms with E-state index < -0.39 is 23.3 Å². The van der Waals surface area contributed by atoms with Crippen LogP contribution >= 0.6 is 0 Å². The van der Waals surface area contributed by atoms with Crippen molar-refractivity contribution >= 4 is 11.8 Å². The first-order valence-corrected chi connectivity index (χ1v) is 13.3. The van der Waals surface area contributed by atoms with Crippen molar-refractivity contribution in [1.82, 2.24) is 20.2 Å². The fraction of sp³-hybridized carbons (Fsp3) is 0.741. The van der Waals surface area contributed by atoms with Gasteiger partial charge in [-0.3, -0.25) is 9.59 Å². The van der Waals surface area contributed by atoms with E-state index in [9.17, 15) is 9.59 Å². The Morgan fingerprint density at radius 2 is 1.86 bits per heavy atom. The summed E-state index contributed by atoms with van der Waals surface area (Å²) in [5.41, 5.74) is 0.308. The maximum Gasteiger partial charge on any atom is 0.245 e. The second kappa shape index (κ2) is 12.0. The zero-order valence-electron chi connectivity index (χ0n) is 22.5. The summed E-state index contributed by atoms with van der Waals surface area (Å²) in [6.45, 7) is 8.16. The summed E-state index contributed by atoms with van der Waals surface area (Å²) in [5, 5.41) is 11.4. The van der Waals surface area contributed by atoms with Gasteiger partial charge in [-0.2, -0.15) is 10.2 Å². The van der Waals surface area contributed by atoms with Crippen molar-refractivity contribution in [1.29, 1.82) is 0 Å². The van der Waals surface area contributed by atoms with Crippen LogP contribution in [0.4, 0.5) is 0 Å². The first kappa shape index (κ1) is 27.9. The number of terminal acetylenes is 1. The smallest absolute Gasteiger partial charge is 0.245 e. The van der Waals surface area contributed by atoms with Crippen LogP contribution in [0.25, 0.3) is 0 Å². The number of likely N-dealkylation sites (N-methyl/N-ethyl adjacent to an activating group) is 1. The van der Waals surface area contributed by atoms with Gasteiger partial charge in [-0.05, 0) is 40.5 Å². The Morgan fingerprint density at radius 1 is 1.19 bits per heavy atom. The number of nitrogens with one attached hydrogen (secondary N) is 2. The number of aryl methyl sites for hydroxylation is 2. The third-order valence-electron chi connectivity index (χ3n) is 7.67. The van der Waals surface area contributed by atoms with Crippen LogP contribution in [0, 0.1) is 26.2 Å². The van der Waals surface area contributed by atoms with Crippen molar-refractivity contribution in [3.05, 3.63) is 17.2 Å². The average molecular weight is 499 g/mol. The molecule has 1 aliphatic heterocycles. The molecule has 2 unspecified atom stereocenters. The second-order valence-corrected chi connectivity index (χ2v) is 10.2. The minimum atomic E-state index is -0.783. The monoisotopic (exact) mass is 498 g/mol. The Balaban J connectivity index is 2.01. The van der Waals surface area contributed by atoms with Crippen LogP contribution < -0.4 is 5.32 Å². The largest absolute Gasteiger partial charge is 0.376 e. The van der Waals surface area contributed by atoms with E-state index in [1.165, 1.54) is 0 Å². The molecule has 0 radical (unpaired) electrons. The summed E-state index contributed by atoms with van der Waals surface area (Å²) in [6.07, 6.45) is 12.8. The third-order valence-corrected chi connectivity index (χ3v) is 7.67. The van der Waals surface area contributed by atoms with Gasteiger partial charge < -0.3 is 19.9 Å². The Kier molecular flexibility index (Phi) is 9.29. The maximum atomic E-state index is 14.1. The highest BCUT2D eigenvalue weighted by atomic mass is 16.5. The lowest BCUT2D eigenvalue weighted by Gasteiger charge is -2.46. The lowest BCUT2D eigenvalue weighted by atomic mass is 9.83. The number of H-pyrrole nitrogens is 1. The summed E-state index contributed by atoms with van der Waals surface area (Å²) in [5.74, 6) is 3.09. The topological polar surface area (TPSA) is 112 Å². The summed E-state index contributed by atoms with van der Waals surface area (Å²) in [7, 11) is 1.67. The summed E-state index contributed by atoms with van der Waals surface area (Å²) in [6, 6.07) is -1.21. The van der Waals surface area contributed by atoms with Crippen LogP contribution in [0.1, 0.15) is 101 Å². The highest BCUT2D eigenvalue weighted by molar-refractivity contribution is 5.89. The maximum absolute atomic E-state index is 14.1. The molecule has 1 fully saturated rings. The van der Waals surface area contributed by atoms with Gasteiger partial charge in [0.2, 0.25) is 11.8 Å². The molecule has 198 valence electrons. The van der Waals surface area contributed by atoms with Crippen LogP contribution in [0.3, 0.4) is 0 Å². The number of amides is 2. The summed E-state index contributed by atoms with van der Waals surface area (Å²) >= 11 is 0. The Hall–Kier alpha value is -2.73. The van der Waals surface area contributed by atoms with Gasteiger partial charge in [-0.25, -0.2) is 4.98 Å². The average Bonchev–Trinajstić information content (AvgIpc) is 3.60. The first-order valence-electron chi connectivity index (χ1n) is 13.3. The number of ether oxygens (including phenoxy) is 1. The number of nitrogens with zero attached hydrogens (tertiary/aromatic N) is 4. The van der Waals surface area contributed by atoms with Crippen LogP contribution in [0.5, 0.6) is 0 Å². The van der Waals surface area contributed by atoms with Gasteiger partial charge >= 0.3 is 0 Å². The van der Waals surface area contributed by atoms with E-state index in [0.29, 0.717) is 25.8 Å². The minimum absolute atomic E-state index is 0.128. The molecule has 36 heavy (non-hydrogen) atoms.